The van der Waals surface area contributed by atoms with Gasteiger partial charge < -0.3 is 9.80 Å². The van der Waals surface area contributed by atoms with Crippen LogP contribution in [0.5, 0.6) is 0 Å². The van der Waals surface area contributed by atoms with E-state index in [0.717, 1.165) is 48.6 Å². The van der Waals surface area contributed by atoms with Gasteiger partial charge in [0.2, 0.25) is 0 Å². The first-order chi connectivity index (χ1) is 15.5. The van der Waals surface area contributed by atoms with Crippen molar-refractivity contribution in [1.29, 1.82) is 0 Å². The molecule has 0 saturated carbocycles. The molecule has 2 aliphatic rings. The molecule has 4 nitrogen and oxygen atoms in total. The second-order valence-corrected chi connectivity index (χ2v) is 10.1. The average Bonchev–Trinajstić information content (AvgIpc) is 3.21. The molecule has 1 atom stereocenters. The minimum atomic E-state index is 0.415. The Kier molecular flexibility index (Phi) is 6.09. The average molecular weight is 449 g/mol. The first kappa shape index (κ1) is 21.7. The van der Waals surface area contributed by atoms with Gasteiger partial charge in [-0.25, -0.2) is 9.97 Å². The first-order valence-electron chi connectivity index (χ1n) is 12.0. The van der Waals surface area contributed by atoms with Crippen LogP contribution in [-0.2, 0) is 19.4 Å². The molecular formula is C27H33ClN4. The second kappa shape index (κ2) is 8.99. The maximum Gasteiger partial charge on any atom is 0.129 e. The van der Waals surface area contributed by atoms with Crippen LogP contribution in [0.25, 0.3) is 10.8 Å². The van der Waals surface area contributed by atoms with Gasteiger partial charge in [-0.1, -0.05) is 49.7 Å². The third kappa shape index (κ3) is 4.11. The number of hydrogen-bond acceptors (Lipinski definition) is 4. The van der Waals surface area contributed by atoms with Crippen LogP contribution in [0, 0.1) is 0 Å². The highest BCUT2D eigenvalue weighted by Crippen LogP contribution is 2.36. The van der Waals surface area contributed by atoms with Crippen LogP contribution in [0.1, 0.15) is 61.8 Å². The molecule has 0 spiro atoms. The summed E-state index contributed by atoms with van der Waals surface area (Å²) >= 11 is 6.63. The van der Waals surface area contributed by atoms with Gasteiger partial charge in [-0.2, -0.15) is 0 Å². The molecule has 168 valence electrons. The summed E-state index contributed by atoms with van der Waals surface area (Å²) in [6.07, 6.45) is 5.70. The van der Waals surface area contributed by atoms with Gasteiger partial charge >= 0.3 is 0 Å². The molecule has 0 bridgehead atoms. The van der Waals surface area contributed by atoms with Crippen molar-refractivity contribution in [3.05, 3.63) is 64.2 Å². The number of hydrogen-bond donors (Lipinski definition) is 0. The third-order valence-corrected chi connectivity index (χ3v) is 7.55. The summed E-state index contributed by atoms with van der Waals surface area (Å²) in [5, 5.41) is 3.14. The normalized spacial score (nSPS) is 19.2. The first-order valence-corrected chi connectivity index (χ1v) is 12.4. The van der Waals surface area contributed by atoms with Crippen molar-refractivity contribution < 1.29 is 0 Å². The molecule has 0 aliphatic carbocycles. The standard InChI is InChI=1S/C27H33ClN4/c1-18(2)27-21-14-16-32(24-11-5-8-19-7-4-10-22(28)26(19)24)17-23(21)29-25(30-27)13-12-20-9-6-15-31(20)3/h4-5,7-8,10-11,18,20H,6,9,12-17H2,1-3H3. The van der Waals surface area contributed by atoms with Crippen molar-refractivity contribution in [1.82, 2.24) is 14.9 Å². The molecule has 1 unspecified atom stereocenters. The molecule has 2 aromatic carbocycles. The fourth-order valence-corrected chi connectivity index (χ4v) is 5.77. The predicted molar refractivity (Wildman–Crippen MR) is 134 cm³/mol. The van der Waals surface area contributed by atoms with E-state index in [2.05, 4.69) is 55.0 Å². The lowest BCUT2D eigenvalue weighted by molar-refractivity contribution is 0.295. The largest absolute Gasteiger partial charge is 0.365 e. The smallest absolute Gasteiger partial charge is 0.129 e. The molecule has 1 saturated heterocycles. The van der Waals surface area contributed by atoms with Gasteiger partial charge in [0.1, 0.15) is 5.82 Å². The van der Waals surface area contributed by atoms with E-state index >= 15 is 0 Å². The van der Waals surface area contributed by atoms with Crippen LogP contribution < -0.4 is 4.90 Å². The van der Waals surface area contributed by atoms with Gasteiger partial charge in [0.25, 0.3) is 0 Å². The lowest BCUT2D eigenvalue weighted by atomic mass is 9.95. The Morgan fingerprint density at radius 3 is 2.66 bits per heavy atom. The number of anilines is 1. The van der Waals surface area contributed by atoms with Gasteiger partial charge in [-0.3, -0.25) is 0 Å². The zero-order chi connectivity index (χ0) is 22.2. The van der Waals surface area contributed by atoms with Gasteiger partial charge in [0, 0.05) is 30.1 Å². The maximum atomic E-state index is 6.63. The van der Waals surface area contributed by atoms with Crippen LogP contribution in [0.3, 0.4) is 0 Å². The quantitative estimate of drug-likeness (QED) is 0.479. The molecule has 0 radical (unpaired) electrons. The molecule has 2 aliphatic heterocycles. The number of nitrogens with zero attached hydrogens (tertiary/aromatic N) is 4. The van der Waals surface area contributed by atoms with E-state index in [1.807, 2.05) is 12.1 Å². The number of halogens is 1. The highest BCUT2D eigenvalue weighted by molar-refractivity contribution is 6.36. The fraction of sp³-hybridized carbons (Fsp3) is 0.481. The van der Waals surface area contributed by atoms with Crippen molar-refractivity contribution in [3.63, 3.8) is 0 Å². The molecular weight excluding hydrogens is 416 g/mol. The molecule has 32 heavy (non-hydrogen) atoms. The van der Waals surface area contributed by atoms with E-state index in [1.54, 1.807) is 0 Å². The molecule has 1 aromatic heterocycles. The van der Waals surface area contributed by atoms with Crippen molar-refractivity contribution in [3.8, 4) is 0 Å². The zero-order valence-electron chi connectivity index (χ0n) is 19.4. The number of fused-ring (bicyclic) bond motifs is 2. The van der Waals surface area contributed by atoms with E-state index < -0.39 is 0 Å². The fourth-order valence-electron chi connectivity index (χ4n) is 5.49. The molecule has 3 heterocycles. The summed E-state index contributed by atoms with van der Waals surface area (Å²) in [6.45, 7) is 7.52. The monoisotopic (exact) mass is 448 g/mol. The third-order valence-electron chi connectivity index (χ3n) is 7.24. The Morgan fingerprint density at radius 1 is 1.09 bits per heavy atom. The number of likely N-dealkylation sites (tertiary alicyclic amines) is 1. The second-order valence-electron chi connectivity index (χ2n) is 9.71. The van der Waals surface area contributed by atoms with E-state index in [-0.39, 0.29) is 0 Å². The van der Waals surface area contributed by atoms with E-state index in [4.69, 9.17) is 21.6 Å². The summed E-state index contributed by atoms with van der Waals surface area (Å²) in [4.78, 5) is 15.1. The van der Waals surface area contributed by atoms with Gasteiger partial charge in [-0.15, -0.1) is 0 Å². The van der Waals surface area contributed by atoms with Crippen LogP contribution in [0.4, 0.5) is 5.69 Å². The molecule has 5 heteroatoms. The predicted octanol–water partition coefficient (Wildman–Crippen LogP) is 6.00. The Balaban J connectivity index is 1.46. The van der Waals surface area contributed by atoms with Gasteiger partial charge in [0.15, 0.2) is 0 Å². The Labute approximate surface area is 196 Å². The number of aromatic nitrogens is 2. The molecule has 1 fully saturated rings. The summed E-state index contributed by atoms with van der Waals surface area (Å²) < 4.78 is 0. The summed E-state index contributed by atoms with van der Waals surface area (Å²) in [7, 11) is 2.25. The van der Waals surface area contributed by atoms with Crippen LogP contribution >= 0.6 is 11.6 Å². The van der Waals surface area contributed by atoms with Crippen molar-refractivity contribution >= 4 is 28.1 Å². The maximum absolute atomic E-state index is 6.63. The molecule has 5 rings (SSSR count). The van der Waals surface area contributed by atoms with E-state index in [1.165, 1.54) is 47.4 Å². The van der Waals surface area contributed by atoms with Crippen LogP contribution in [0.2, 0.25) is 5.02 Å². The summed E-state index contributed by atoms with van der Waals surface area (Å²) in [5.41, 5.74) is 5.02. The number of benzene rings is 2. The lowest BCUT2D eigenvalue weighted by Gasteiger charge is -2.33. The highest BCUT2D eigenvalue weighted by Gasteiger charge is 2.26. The van der Waals surface area contributed by atoms with Gasteiger partial charge in [-0.05, 0) is 68.3 Å². The van der Waals surface area contributed by atoms with Crippen molar-refractivity contribution in [2.45, 2.75) is 64.5 Å². The van der Waals surface area contributed by atoms with E-state index in [0.29, 0.717) is 12.0 Å². The highest BCUT2D eigenvalue weighted by atomic mass is 35.5. The minimum absolute atomic E-state index is 0.415. The zero-order valence-corrected chi connectivity index (χ0v) is 20.2. The minimum Gasteiger partial charge on any atom is -0.365 e. The summed E-state index contributed by atoms with van der Waals surface area (Å²) in [5.74, 6) is 1.43. The van der Waals surface area contributed by atoms with Crippen molar-refractivity contribution in [2.24, 2.45) is 0 Å². The molecule has 3 aromatic rings. The SMILES string of the molecule is CC(C)c1nc(CCC2CCCN2C)nc2c1CCN(c1cccc3cccc(Cl)c13)C2. The number of rotatable bonds is 5. The van der Waals surface area contributed by atoms with E-state index in [9.17, 15) is 0 Å². The molecule has 0 amide bonds. The number of aryl methyl sites for hydroxylation is 1. The topological polar surface area (TPSA) is 32.3 Å². The van der Waals surface area contributed by atoms with Gasteiger partial charge in [0.05, 0.1) is 23.0 Å². The summed E-state index contributed by atoms with van der Waals surface area (Å²) in [6, 6.07) is 13.3. The Hall–Kier alpha value is -2.17. The van der Waals surface area contributed by atoms with Crippen LogP contribution in [0.15, 0.2) is 36.4 Å². The Morgan fingerprint density at radius 2 is 1.91 bits per heavy atom. The Bertz CT molecular complexity index is 1120. The lowest BCUT2D eigenvalue weighted by Crippen LogP contribution is -2.33. The van der Waals surface area contributed by atoms with Crippen molar-refractivity contribution in [2.75, 3.05) is 25.0 Å². The van der Waals surface area contributed by atoms with Crippen LogP contribution in [-0.4, -0.2) is 41.0 Å². The molecule has 0 N–H and O–H groups in total.